The third-order valence-corrected chi connectivity index (χ3v) is 7.27. The predicted molar refractivity (Wildman–Crippen MR) is 125 cm³/mol. The van der Waals surface area contributed by atoms with Crippen LogP contribution in [0.15, 0.2) is 41.1 Å². The number of benzene rings is 1. The van der Waals surface area contributed by atoms with Gasteiger partial charge in [0.1, 0.15) is 17.3 Å². The van der Waals surface area contributed by atoms with E-state index in [4.69, 9.17) is 9.57 Å². The van der Waals surface area contributed by atoms with Gasteiger partial charge in [-0.3, -0.25) is 4.79 Å². The largest absolute Gasteiger partial charge is 0.466 e. The molecule has 1 unspecified atom stereocenters. The number of amides is 1. The Morgan fingerprint density at radius 2 is 1.87 bits per heavy atom. The van der Waals surface area contributed by atoms with E-state index in [0.29, 0.717) is 43.5 Å². The summed E-state index contributed by atoms with van der Waals surface area (Å²) >= 11 is 1.45. The minimum atomic E-state index is -4.61. The quantitative estimate of drug-likeness (QED) is 0.405. The molecule has 0 saturated carbocycles. The van der Waals surface area contributed by atoms with Crippen LogP contribution in [-0.4, -0.2) is 51.2 Å². The Labute approximate surface area is 217 Å². The van der Waals surface area contributed by atoms with Gasteiger partial charge in [-0.2, -0.15) is 13.2 Å². The smallest absolute Gasteiger partial charge is 0.434 e. The van der Waals surface area contributed by atoms with Crippen LogP contribution in [0.5, 0.6) is 5.88 Å². The first-order chi connectivity index (χ1) is 18.2. The van der Waals surface area contributed by atoms with Crippen LogP contribution in [0.1, 0.15) is 53.2 Å². The molecule has 1 aromatic carbocycles. The number of oxime groups is 1. The molecule has 2 aliphatic heterocycles. The molecule has 1 saturated heterocycles. The zero-order valence-corrected chi connectivity index (χ0v) is 20.4. The molecule has 2 aliphatic rings. The number of carbonyl (C=O) groups excluding carboxylic acids is 1. The standard InChI is InChI=1S/C24H20F5N5O3S/c25-14-2-1-3-15(26)22(14)18-8-16(33-37-18)17-12-38-23(32-17)13-4-6-34(7-5-13)21(35)11-36-20-10-30-19(9-31-20)24(27,28)29/h1-3,9-10,12-13,18H,4-8,11H2. The summed E-state index contributed by atoms with van der Waals surface area (Å²) < 4.78 is 71.1. The Morgan fingerprint density at radius 3 is 2.53 bits per heavy atom. The first kappa shape index (κ1) is 25.9. The van der Waals surface area contributed by atoms with Crippen LogP contribution in [0.3, 0.4) is 0 Å². The second-order valence-electron chi connectivity index (χ2n) is 8.72. The van der Waals surface area contributed by atoms with E-state index >= 15 is 0 Å². The lowest BCUT2D eigenvalue weighted by Crippen LogP contribution is -2.40. The Morgan fingerprint density at radius 1 is 1.13 bits per heavy atom. The van der Waals surface area contributed by atoms with Crippen molar-refractivity contribution in [3.05, 3.63) is 69.6 Å². The summed E-state index contributed by atoms with van der Waals surface area (Å²) in [4.78, 5) is 30.8. The average molecular weight is 554 g/mol. The summed E-state index contributed by atoms with van der Waals surface area (Å²) in [5, 5.41) is 6.69. The van der Waals surface area contributed by atoms with E-state index in [9.17, 15) is 26.7 Å². The molecule has 0 N–H and O–H groups in total. The van der Waals surface area contributed by atoms with Gasteiger partial charge in [-0.15, -0.1) is 11.3 Å². The Kier molecular flexibility index (Phi) is 7.23. The van der Waals surface area contributed by atoms with Gasteiger partial charge in [-0.25, -0.2) is 23.7 Å². The number of rotatable bonds is 6. The number of likely N-dealkylation sites (tertiary alicyclic amines) is 1. The number of thiazole rings is 1. The zero-order valence-electron chi connectivity index (χ0n) is 19.6. The maximum absolute atomic E-state index is 14.1. The van der Waals surface area contributed by atoms with Crippen molar-refractivity contribution in [3.63, 3.8) is 0 Å². The number of piperidine rings is 1. The number of hydrogen-bond acceptors (Lipinski definition) is 8. The lowest BCUT2D eigenvalue weighted by molar-refractivity contribution is -0.141. The zero-order chi connectivity index (χ0) is 26.9. The molecule has 2 aromatic heterocycles. The van der Waals surface area contributed by atoms with E-state index < -0.39 is 29.6 Å². The maximum Gasteiger partial charge on any atom is 0.434 e. The van der Waals surface area contributed by atoms with Crippen LogP contribution >= 0.6 is 11.3 Å². The van der Waals surface area contributed by atoms with E-state index in [0.717, 1.165) is 11.2 Å². The first-order valence-corrected chi connectivity index (χ1v) is 12.5. The van der Waals surface area contributed by atoms with Crippen molar-refractivity contribution in [1.82, 2.24) is 19.9 Å². The van der Waals surface area contributed by atoms with Crippen LogP contribution in [0.2, 0.25) is 0 Å². The number of carbonyl (C=O) groups is 1. The highest BCUT2D eigenvalue weighted by Gasteiger charge is 2.33. The molecule has 8 nitrogen and oxygen atoms in total. The summed E-state index contributed by atoms with van der Waals surface area (Å²) in [5.41, 5.74) is -0.201. The predicted octanol–water partition coefficient (Wildman–Crippen LogP) is 4.88. The highest BCUT2D eigenvalue weighted by atomic mass is 32.1. The van der Waals surface area contributed by atoms with Crippen LogP contribution < -0.4 is 4.74 Å². The fourth-order valence-corrected chi connectivity index (χ4v) is 5.25. The van der Waals surface area contributed by atoms with Crippen LogP contribution in [-0.2, 0) is 15.8 Å². The third kappa shape index (κ3) is 5.59. The van der Waals surface area contributed by atoms with Crippen molar-refractivity contribution in [2.24, 2.45) is 5.16 Å². The maximum atomic E-state index is 14.1. The molecule has 4 heterocycles. The van der Waals surface area contributed by atoms with Gasteiger partial charge < -0.3 is 14.5 Å². The van der Waals surface area contributed by atoms with Crippen LogP contribution in [0.4, 0.5) is 22.0 Å². The number of ether oxygens (including phenoxy) is 1. The minimum absolute atomic E-state index is 0.113. The minimum Gasteiger partial charge on any atom is -0.466 e. The number of halogens is 5. The van der Waals surface area contributed by atoms with E-state index in [1.54, 1.807) is 4.90 Å². The Hall–Kier alpha value is -3.68. The molecule has 38 heavy (non-hydrogen) atoms. The van der Waals surface area contributed by atoms with E-state index in [1.807, 2.05) is 5.38 Å². The van der Waals surface area contributed by atoms with E-state index in [-0.39, 0.29) is 36.3 Å². The van der Waals surface area contributed by atoms with Gasteiger partial charge in [-0.05, 0) is 25.0 Å². The first-order valence-electron chi connectivity index (χ1n) is 11.6. The fourth-order valence-electron chi connectivity index (χ4n) is 4.25. The molecule has 200 valence electrons. The topological polar surface area (TPSA) is 89.8 Å². The van der Waals surface area contributed by atoms with Crippen LogP contribution in [0.25, 0.3) is 0 Å². The van der Waals surface area contributed by atoms with Gasteiger partial charge in [0, 0.05) is 30.8 Å². The Bertz CT molecular complexity index is 1320. The highest BCUT2D eigenvalue weighted by Crippen LogP contribution is 2.35. The monoisotopic (exact) mass is 553 g/mol. The van der Waals surface area contributed by atoms with Crippen molar-refractivity contribution in [2.75, 3.05) is 19.7 Å². The summed E-state index contributed by atoms with van der Waals surface area (Å²) in [7, 11) is 0. The van der Waals surface area contributed by atoms with Crippen molar-refractivity contribution in [3.8, 4) is 5.88 Å². The van der Waals surface area contributed by atoms with Gasteiger partial charge in [-0.1, -0.05) is 11.2 Å². The molecule has 1 amide bonds. The molecule has 0 bridgehead atoms. The van der Waals surface area contributed by atoms with E-state index in [2.05, 4.69) is 20.1 Å². The van der Waals surface area contributed by atoms with Gasteiger partial charge >= 0.3 is 6.18 Å². The molecule has 0 aliphatic carbocycles. The van der Waals surface area contributed by atoms with Gasteiger partial charge in [0.05, 0.1) is 28.7 Å². The molecule has 1 atom stereocenters. The number of aromatic nitrogens is 3. The summed E-state index contributed by atoms with van der Waals surface area (Å²) in [6.07, 6.45) is -2.58. The second kappa shape index (κ2) is 10.6. The SMILES string of the molecule is O=C(COc1cnc(C(F)(F)F)cn1)N1CCC(c2nc(C3=NOC(c4c(F)cccc4F)C3)cs2)CC1. The summed E-state index contributed by atoms with van der Waals surface area (Å²) in [5.74, 6) is -1.75. The average Bonchev–Trinajstić information content (AvgIpc) is 3.57. The van der Waals surface area contributed by atoms with E-state index in [1.165, 1.54) is 29.5 Å². The van der Waals surface area contributed by atoms with Crippen molar-refractivity contribution in [2.45, 2.75) is 37.5 Å². The highest BCUT2D eigenvalue weighted by molar-refractivity contribution is 7.10. The summed E-state index contributed by atoms with van der Waals surface area (Å²) in [6, 6.07) is 3.64. The van der Waals surface area contributed by atoms with Gasteiger partial charge in [0.25, 0.3) is 5.91 Å². The molecule has 3 aromatic rings. The van der Waals surface area contributed by atoms with Crippen molar-refractivity contribution < 1.29 is 36.3 Å². The Balaban J connectivity index is 1.11. The van der Waals surface area contributed by atoms with Gasteiger partial charge in [0.2, 0.25) is 5.88 Å². The number of alkyl halides is 3. The molecule has 14 heteroatoms. The third-order valence-electron chi connectivity index (χ3n) is 6.27. The lowest BCUT2D eigenvalue weighted by atomic mass is 9.97. The van der Waals surface area contributed by atoms with Crippen LogP contribution in [0, 0.1) is 11.6 Å². The molecular weight excluding hydrogens is 533 g/mol. The summed E-state index contributed by atoms with van der Waals surface area (Å²) in [6.45, 7) is 0.550. The normalized spacial score (nSPS) is 18.3. The number of nitrogens with zero attached hydrogens (tertiary/aromatic N) is 5. The molecule has 0 radical (unpaired) electrons. The molecule has 5 rings (SSSR count). The van der Waals surface area contributed by atoms with Crippen molar-refractivity contribution >= 4 is 23.0 Å². The van der Waals surface area contributed by atoms with Crippen molar-refractivity contribution in [1.29, 1.82) is 0 Å². The fraction of sp³-hybridized carbons (Fsp3) is 0.375. The lowest BCUT2D eigenvalue weighted by Gasteiger charge is -2.31. The molecule has 1 fully saturated rings. The second-order valence-corrected chi connectivity index (χ2v) is 9.61. The molecule has 0 spiro atoms. The van der Waals surface area contributed by atoms with Gasteiger partial charge in [0.15, 0.2) is 18.4 Å². The molecular formula is C24H20F5N5O3S. The number of hydrogen-bond donors (Lipinski definition) is 0.